The summed E-state index contributed by atoms with van der Waals surface area (Å²) in [5.74, 6) is 0.286. The van der Waals surface area contributed by atoms with Crippen LogP contribution in [0, 0.1) is 0 Å². The maximum absolute atomic E-state index is 13.5. The highest BCUT2D eigenvalue weighted by molar-refractivity contribution is 8.00. The van der Waals surface area contributed by atoms with Crippen molar-refractivity contribution in [1.82, 2.24) is 14.1 Å². The van der Waals surface area contributed by atoms with E-state index in [1.165, 1.54) is 34.8 Å². The normalized spacial score (nSPS) is 11.2. The fraction of sp³-hybridized carbons (Fsp3) is 0.250. The van der Waals surface area contributed by atoms with Crippen LogP contribution in [0.15, 0.2) is 62.5 Å². The van der Waals surface area contributed by atoms with Crippen LogP contribution in [0.2, 0.25) is 0 Å². The van der Waals surface area contributed by atoms with Crippen molar-refractivity contribution in [2.45, 2.75) is 30.6 Å². The van der Waals surface area contributed by atoms with E-state index in [9.17, 15) is 14.4 Å². The molecule has 0 unspecified atom stereocenters. The van der Waals surface area contributed by atoms with Crippen molar-refractivity contribution in [3.8, 4) is 11.4 Å². The summed E-state index contributed by atoms with van der Waals surface area (Å²) >= 11 is 2.56. The summed E-state index contributed by atoms with van der Waals surface area (Å²) in [6.07, 6.45) is 1.84. The molecule has 0 saturated heterocycles. The summed E-state index contributed by atoms with van der Waals surface area (Å²) in [5, 5.41) is 2.85. The summed E-state index contributed by atoms with van der Waals surface area (Å²) in [4.78, 5) is 44.3. The number of aromatic nitrogens is 3. The molecule has 8 nitrogen and oxygen atoms in total. The number of fused-ring (bicyclic) bond motifs is 1. The van der Waals surface area contributed by atoms with Gasteiger partial charge >= 0.3 is 5.69 Å². The molecule has 0 spiro atoms. The zero-order chi connectivity index (χ0) is 24.4. The van der Waals surface area contributed by atoms with Crippen LogP contribution in [0.4, 0.5) is 5.69 Å². The van der Waals surface area contributed by atoms with Gasteiger partial charge in [0.25, 0.3) is 5.56 Å². The highest BCUT2D eigenvalue weighted by Crippen LogP contribution is 2.27. The minimum absolute atomic E-state index is 0.196. The predicted molar refractivity (Wildman–Crippen MR) is 137 cm³/mol. The molecule has 2 aromatic heterocycles. The van der Waals surface area contributed by atoms with E-state index >= 15 is 0 Å². The zero-order valence-electron chi connectivity index (χ0n) is 19.2. The molecule has 4 aromatic rings. The number of hydrogen-bond donors (Lipinski definition) is 1. The molecular weight excluding hydrogens is 472 g/mol. The van der Waals surface area contributed by atoms with Crippen molar-refractivity contribution in [2.75, 3.05) is 18.7 Å². The Morgan fingerprint density at radius 1 is 1.18 bits per heavy atom. The molecule has 4 rings (SSSR count). The second-order valence-corrected chi connectivity index (χ2v) is 9.90. The molecule has 34 heavy (non-hydrogen) atoms. The third kappa shape index (κ3) is 4.51. The van der Waals surface area contributed by atoms with Gasteiger partial charge in [-0.05, 0) is 42.0 Å². The van der Waals surface area contributed by atoms with Crippen molar-refractivity contribution in [2.24, 2.45) is 0 Å². The third-order valence-electron chi connectivity index (χ3n) is 5.30. The average molecular weight is 497 g/mol. The van der Waals surface area contributed by atoms with Gasteiger partial charge in [0.2, 0.25) is 5.91 Å². The number of para-hydroxylation sites is 2. The number of rotatable bonds is 7. The SMILES string of the molecule is COc1ccccc1-n1c(=O)c2sc(SC)nc2n(CC(=O)Nc2cccc(C(C)C)c2)c1=O. The van der Waals surface area contributed by atoms with Crippen LogP contribution in [0.3, 0.4) is 0 Å². The number of carbonyl (C=O) groups excluding carboxylic acids is 1. The molecule has 0 fully saturated rings. The molecule has 0 atom stereocenters. The van der Waals surface area contributed by atoms with Gasteiger partial charge in [0.1, 0.15) is 17.0 Å². The van der Waals surface area contributed by atoms with Crippen molar-refractivity contribution in [3.05, 3.63) is 74.9 Å². The second-order valence-electron chi connectivity index (χ2n) is 7.85. The number of thiazole rings is 1. The molecule has 10 heteroatoms. The molecule has 2 heterocycles. The van der Waals surface area contributed by atoms with Crippen LogP contribution in [0.1, 0.15) is 25.3 Å². The van der Waals surface area contributed by atoms with E-state index in [1.807, 2.05) is 24.5 Å². The lowest BCUT2D eigenvalue weighted by molar-refractivity contribution is -0.116. The number of methoxy groups -OCH3 is 1. The molecule has 0 aliphatic heterocycles. The van der Waals surface area contributed by atoms with E-state index in [0.717, 1.165) is 10.1 Å². The first-order valence-corrected chi connectivity index (χ1v) is 12.6. The number of benzene rings is 2. The quantitative estimate of drug-likeness (QED) is 0.387. The van der Waals surface area contributed by atoms with Crippen LogP contribution < -0.4 is 21.3 Å². The summed E-state index contributed by atoms with van der Waals surface area (Å²) in [7, 11) is 1.47. The molecule has 1 amide bonds. The minimum Gasteiger partial charge on any atom is -0.495 e. The lowest BCUT2D eigenvalue weighted by Gasteiger charge is -2.14. The van der Waals surface area contributed by atoms with E-state index in [4.69, 9.17) is 4.74 Å². The summed E-state index contributed by atoms with van der Waals surface area (Å²) in [6, 6.07) is 14.3. The Labute approximate surface area is 204 Å². The van der Waals surface area contributed by atoms with Gasteiger partial charge in [0, 0.05) is 5.69 Å². The Morgan fingerprint density at radius 3 is 2.65 bits per heavy atom. The maximum atomic E-state index is 13.5. The smallest absolute Gasteiger partial charge is 0.337 e. The van der Waals surface area contributed by atoms with E-state index in [-0.39, 0.29) is 12.2 Å². The number of ether oxygens (including phenoxy) is 1. The summed E-state index contributed by atoms with van der Waals surface area (Å²) in [6.45, 7) is 3.85. The topological polar surface area (TPSA) is 95.2 Å². The number of thioether (sulfide) groups is 1. The number of hydrogen-bond acceptors (Lipinski definition) is 7. The van der Waals surface area contributed by atoms with Gasteiger partial charge in [-0.15, -0.1) is 11.3 Å². The minimum atomic E-state index is -0.661. The fourth-order valence-electron chi connectivity index (χ4n) is 3.59. The van der Waals surface area contributed by atoms with Gasteiger partial charge in [-0.1, -0.05) is 49.9 Å². The van der Waals surface area contributed by atoms with Crippen LogP contribution >= 0.6 is 23.1 Å². The second kappa shape index (κ2) is 9.86. The summed E-state index contributed by atoms with van der Waals surface area (Å²) in [5.41, 5.74) is 1.07. The van der Waals surface area contributed by atoms with Gasteiger partial charge in [0.05, 0.1) is 12.8 Å². The standard InChI is InChI=1S/C24H24N4O4S2/c1-14(2)15-8-7-9-16(12-15)25-19(29)13-27-21-20(34-23(26-21)33-4)22(30)28(24(27)31)17-10-5-6-11-18(17)32-3/h5-12,14H,13H2,1-4H3,(H,25,29). The molecule has 176 valence electrons. The highest BCUT2D eigenvalue weighted by Gasteiger charge is 2.22. The van der Waals surface area contributed by atoms with Gasteiger partial charge in [0.15, 0.2) is 9.99 Å². The third-order valence-corrected chi connectivity index (χ3v) is 7.32. The molecule has 0 radical (unpaired) electrons. The largest absolute Gasteiger partial charge is 0.495 e. The van der Waals surface area contributed by atoms with Gasteiger partial charge in [-0.25, -0.2) is 14.3 Å². The number of nitrogens with zero attached hydrogens (tertiary/aromatic N) is 3. The average Bonchev–Trinajstić information content (AvgIpc) is 3.27. The Balaban J connectivity index is 1.83. The van der Waals surface area contributed by atoms with Crippen LogP contribution in [-0.2, 0) is 11.3 Å². The highest BCUT2D eigenvalue weighted by atomic mass is 32.2. The van der Waals surface area contributed by atoms with Gasteiger partial charge in [-0.3, -0.25) is 14.2 Å². The first-order valence-electron chi connectivity index (χ1n) is 10.6. The van der Waals surface area contributed by atoms with E-state index in [1.54, 1.807) is 30.3 Å². The van der Waals surface area contributed by atoms with Crippen LogP contribution in [0.25, 0.3) is 16.0 Å². The van der Waals surface area contributed by atoms with Crippen molar-refractivity contribution < 1.29 is 9.53 Å². The maximum Gasteiger partial charge on any atom is 0.337 e. The first-order chi connectivity index (χ1) is 16.3. The van der Waals surface area contributed by atoms with E-state index < -0.39 is 17.2 Å². The first kappa shape index (κ1) is 23.8. The number of anilines is 1. The predicted octanol–water partition coefficient (Wildman–Crippen LogP) is 4.10. The fourth-order valence-corrected chi connectivity index (χ4v) is 5.08. The van der Waals surface area contributed by atoms with E-state index in [2.05, 4.69) is 24.1 Å². The van der Waals surface area contributed by atoms with Crippen molar-refractivity contribution in [1.29, 1.82) is 0 Å². The van der Waals surface area contributed by atoms with Gasteiger partial charge in [-0.2, -0.15) is 0 Å². The Hall–Kier alpha value is -3.37. The van der Waals surface area contributed by atoms with Crippen LogP contribution in [0.5, 0.6) is 5.75 Å². The van der Waals surface area contributed by atoms with Crippen molar-refractivity contribution in [3.63, 3.8) is 0 Å². The Kier molecular flexibility index (Phi) is 6.90. The molecule has 2 aromatic carbocycles. The lowest BCUT2D eigenvalue weighted by atomic mass is 10.0. The number of nitrogens with one attached hydrogen (secondary N) is 1. The zero-order valence-corrected chi connectivity index (χ0v) is 20.8. The summed E-state index contributed by atoms with van der Waals surface area (Å²) < 4.78 is 8.57. The van der Waals surface area contributed by atoms with Crippen molar-refractivity contribution >= 4 is 45.0 Å². The number of amides is 1. The molecule has 0 aliphatic rings. The van der Waals surface area contributed by atoms with E-state index in [0.29, 0.717) is 32.1 Å². The molecule has 0 bridgehead atoms. The molecule has 0 saturated carbocycles. The van der Waals surface area contributed by atoms with Crippen LogP contribution in [-0.4, -0.2) is 33.4 Å². The Morgan fingerprint density at radius 2 is 1.94 bits per heavy atom. The number of carbonyl (C=O) groups is 1. The Bertz CT molecular complexity index is 1490. The lowest BCUT2D eigenvalue weighted by Crippen LogP contribution is -2.40. The molecule has 0 aliphatic carbocycles. The molecule has 1 N–H and O–H groups in total. The molecular formula is C24H24N4O4S2. The monoisotopic (exact) mass is 496 g/mol. The van der Waals surface area contributed by atoms with Gasteiger partial charge < -0.3 is 10.1 Å².